The van der Waals surface area contributed by atoms with Gasteiger partial charge in [-0.05, 0) is 30.7 Å². The minimum Gasteiger partial charge on any atom is -0.461 e. The third-order valence-corrected chi connectivity index (χ3v) is 2.73. The fraction of sp³-hybridized carbons (Fsp3) is 0.250. The molecule has 0 spiro atoms. The van der Waals surface area contributed by atoms with E-state index in [9.17, 15) is 4.79 Å². The van der Waals surface area contributed by atoms with Gasteiger partial charge >= 0.3 is 5.97 Å². The Morgan fingerprint density at radius 1 is 1.44 bits per heavy atom. The van der Waals surface area contributed by atoms with Crippen molar-refractivity contribution in [1.82, 2.24) is 0 Å². The van der Waals surface area contributed by atoms with E-state index in [0.29, 0.717) is 6.61 Å². The van der Waals surface area contributed by atoms with Gasteiger partial charge < -0.3 is 4.74 Å². The van der Waals surface area contributed by atoms with Gasteiger partial charge in [-0.1, -0.05) is 50.1 Å². The first-order chi connectivity index (χ1) is 7.59. The maximum absolute atomic E-state index is 11.1. The van der Waals surface area contributed by atoms with E-state index in [-0.39, 0.29) is 10.8 Å². The zero-order valence-electron chi connectivity index (χ0n) is 8.82. The Morgan fingerprint density at radius 2 is 2.06 bits per heavy atom. The summed E-state index contributed by atoms with van der Waals surface area (Å²) in [6, 6.07) is 7.89. The Hall–Kier alpha value is -0.610. The Balaban J connectivity index is 2.38. The topological polar surface area (TPSA) is 26.3 Å². The van der Waals surface area contributed by atoms with Crippen LogP contribution in [0.25, 0.3) is 6.08 Å². The molecule has 0 aliphatic rings. The van der Waals surface area contributed by atoms with Gasteiger partial charge in [-0.25, -0.2) is 0 Å². The van der Waals surface area contributed by atoms with Gasteiger partial charge in [0.15, 0.2) is 0 Å². The lowest BCUT2D eigenvalue weighted by Gasteiger charge is -2.02. The first-order valence-electron chi connectivity index (χ1n) is 4.82. The molecule has 4 heteroatoms. The first kappa shape index (κ1) is 13.5. The molecule has 0 aliphatic heterocycles. The van der Waals surface area contributed by atoms with E-state index >= 15 is 0 Å². The quantitative estimate of drug-likeness (QED) is 0.611. The van der Waals surface area contributed by atoms with Crippen molar-refractivity contribution >= 4 is 43.9 Å². The van der Waals surface area contributed by atoms with Crippen molar-refractivity contribution in [2.75, 3.05) is 6.61 Å². The summed E-state index contributed by atoms with van der Waals surface area (Å²) in [5.41, 5.74) is 1.08. The molecule has 86 valence electrons. The van der Waals surface area contributed by atoms with Crippen LogP contribution < -0.4 is 0 Å². The van der Waals surface area contributed by atoms with Crippen LogP contribution in [0.1, 0.15) is 12.5 Å². The normalized spacial score (nSPS) is 12.7. The maximum atomic E-state index is 11.1. The zero-order chi connectivity index (χ0) is 12.0. The summed E-state index contributed by atoms with van der Waals surface area (Å²) < 4.78 is 6.01. The fourth-order valence-corrected chi connectivity index (χ4v) is 1.40. The van der Waals surface area contributed by atoms with Gasteiger partial charge in [0.25, 0.3) is 0 Å². The molecule has 0 heterocycles. The molecule has 1 aromatic rings. The predicted octanol–water partition coefficient (Wildman–Crippen LogP) is 3.79. The van der Waals surface area contributed by atoms with Crippen LogP contribution in [0.2, 0.25) is 0 Å². The number of halogens is 2. The summed E-state index contributed by atoms with van der Waals surface area (Å²) in [7, 11) is 0. The zero-order valence-corrected chi connectivity index (χ0v) is 12.0. The highest BCUT2D eigenvalue weighted by atomic mass is 79.9. The molecule has 0 bridgehead atoms. The molecule has 0 N–H and O–H groups in total. The summed E-state index contributed by atoms with van der Waals surface area (Å²) in [5, 5.41) is 0. The number of benzene rings is 1. The Morgan fingerprint density at radius 3 is 2.62 bits per heavy atom. The standard InChI is InChI=1S/C12H12Br2O2/c1-9(13)12(15)16-8-2-3-10-4-6-11(14)7-5-10/h2-7,9H,8H2,1H3/b3-2+. The summed E-state index contributed by atoms with van der Waals surface area (Å²) in [6.07, 6.45) is 3.73. The molecule has 1 aromatic carbocycles. The lowest BCUT2D eigenvalue weighted by Crippen LogP contribution is -2.13. The van der Waals surface area contributed by atoms with E-state index in [2.05, 4.69) is 31.9 Å². The van der Waals surface area contributed by atoms with Crippen molar-refractivity contribution in [2.24, 2.45) is 0 Å². The molecular weight excluding hydrogens is 336 g/mol. The van der Waals surface area contributed by atoms with Gasteiger partial charge in [-0.15, -0.1) is 0 Å². The van der Waals surface area contributed by atoms with Crippen LogP contribution in [-0.4, -0.2) is 17.4 Å². The molecule has 2 nitrogen and oxygen atoms in total. The monoisotopic (exact) mass is 346 g/mol. The number of hydrogen-bond donors (Lipinski definition) is 0. The van der Waals surface area contributed by atoms with Crippen molar-refractivity contribution in [2.45, 2.75) is 11.8 Å². The summed E-state index contributed by atoms with van der Waals surface area (Å²) in [6.45, 7) is 2.03. The Bertz CT molecular complexity index is 369. The molecular formula is C12H12Br2O2. The smallest absolute Gasteiger partial charge is 0.319 e. The Labute approximate surface area is 112 Å². The lowest BCUT2D eigenvalue weighted by molar-refractivity contribution is -0.141. The van der Waals surface area contributed by atoms with E-state index < -0.39 is 0 Å². The van der Waals surface area contributed by atoms with E-state index in [4.69, 9.17) is 4.74 Å². The maximum Gasteiger partial charge on any atom is 0.319 e. The van der Waals surface area contributed by atoms with Crippen LogP contribution in [0.15, 0.2) is 34.8 Å². The fourth-order valence-electron chi connectivity index (χ4n) is 1.00. The van der Waals surface area contributed by atoms with Crippen LogP contribution in [0, 0.1) is 0 Å². The highest BCUT2D eigenvalue weighted by Gasteiger charge is 2.07. The van der Waals surface area contributed by atoms with Crippen LogP contribution in [-0.2, 0) is 9.53 Å². The molecule has 1 atom stereocenters. The average Bonchev–Trinajstić information content (AvgIpc) is 2.26. The van der Waals surface area contributed by atoms with E-state index in [1.165, 1.54) is 0 Å². The highest BCUT2D eigenvalue weighted by Crippen LogP contribution is 2.11. The van der Waals surface area contributed by atoms with Crippen LogP contribution in [0.4, 0.5) is 0 Å². The number of esters is 1. The molecule has 16 heavy (non-hydrogen) atoms. The number of rotatable bonds is 4. The van der Waals surface area contributed by atoms with Crippen molar-refractivity contribution in [1.29, 1.82) is 0 Å². The van der Waals surface area contributed by atoms with Gasteiger partial charge in [0, 0.05) is 4.47 Å². The average molecular weight is 348 g/mol. The first-order valence-corrected chi connectivity index (χ1v) is 6.53. The number of carbonyl (C=O) groups excluding carboxylic acids is 1. The second-order valence-corrected chi connectivity index (χ2v) is 5.49. The van der Waals surface area contributed by atoms with Crippen molar-refractivity contribution < 1.29 is 9.53 Å². The molecule has 0 amide bonds. The minimum absolute atomic E-state index is 0.250. The van der Waals surface area contributed by atoms with Crippen LogP contribution in [0.5, 0.6) is 0 Å². The molecule has 0 saturated heterocycles. The molecule has 0 aliphatic carbocycles. The number of hydrogen-bond acceptors (Lipinski definition) is 2. The van der Waals surface area contributed by atoms with E-state index in [1.807, 2.05) is 36.4 Å². The molecule has 0 fully saturated rings. The van der Waals surface area contributed by atoms with Crippen molar-refractivity contribution in [3.05, 3.63) is 40.4 Å². The number of ether oxygens (including phenoxy) is 1. The van der Waals surface area contributed by atoms with Crippen LogP contribution in [0.3, 0.4) is 0 Å². The van der Waals surface area contributed by atoms with Gasteiger partial charge in [0.05, 0.1) is 0 Å². The van der Waals surface area contributed by atoms with E-state index in [0.717, 1.165) is 10.0 Å². The van der Waals surface area contributed by atoms with Crippen LogP contribution >= 0.6 is 31.9 Å². The summed E-state index contributed by atoms with van der Waals surface area (Å²) in [5.74, 6) is -0.250. The largest absolute Gasteiger partial charge is 0.461 e. The lowest BCUT2D eigenvalue weighted by atomic mass is 10.2. The van der Waals surface area contributed by atoms with E-state index in [1.54, 1.807) is 6.92 Å². The van der Waals surface area contributed by atoms with Crippen molar-refractivity contribution in [3.8, 4) is 0 Å². The third kappa shape index (κ3) is 4.94. The molecule has 0 saturated carbocycles. The third-order valence-electron chi connectivity index (χ3n) is 1.83. The Kier molecular flexibility index (Phi) is 5.77. The molecule has 0 radical (unpaired) electrons. The van der Waals surface area contributed by atoms with Gasteiger partial charge in [-0.3, -0.25) is 4.79 Å². The highest BCUT2D eigenvalue weighted by molar-refractivity contribution is 9.10. The molecule has 1 rings (SSSR count). The predicted molar refractivity (Wildman–Crippen MR) is 72.5 cm³/mol. The van der Waals surface area contributed by atoms with Gasteiger partial charge in [0.2, 0.25) is 0 Å². The number of alkyl halides is 1. The SMILES string of the molecule is CC(Br)C(=O)OC/C=C/c1ccc(Br)cc1. The summed E-state index contributed by atoms with van der Waals surface area (Å²) >= 11 is 6.50. The second-order valence-electron chi connectivity index (χ2n) is 3.20. The summed E-state index contributed by atoms with van der Waals surface area (Å²) in [4.78, 5) is 10.8. The number of carbonyl (C=O) groups is 1. The molecule has 1 unspecified atom stereocenters. The second kappa shape index (κ2) is 6.86. The minimum atomic E-state index is -0.256. The van der Waals surface area contributed by atoms with Gasteiger partial charge in [-0.2, -0.15) is 0 Å². The van der Waals surface area contributed by atoms with Crippen molar-refractivity contribution in [3.63, 3.8) is 0 Å². The molecule has 0 aromatic heterocycles. The van der Waals surface area contributed by atoms with Gasteiger partial charge in [0.1, 0.15) is 11.4 Å².